The van der Waals surface area contributed by atoms with Crippen LogP contribution < -0.4 is 5.32 Å². The summed E-state index contributed by atoms with van der Waals surface area (Å²) >= 11 is 0. The lowest BCUT2D eigenvalue weighted by molar-refractivity contribution is 0.102. The van der Waals surface area contributed by atoms with Crippen LogP contribution in [0.3, 0.4) is 0 Å². The number of hydrogen-bond acceptors (Lipinski definition) is 3. The van der Waals surface area contributed by atoms with E-state index in [1.807, 2.05) is 4.57 Å². The number of halogens is 1. The number of anilines is 1. The summed E-state index contributed by atoms with van der Waals surface area (Å²) in [5, 5.41) is 11.4. The first-order valence-electron chi connectivity index (χ1n) is 6.77. The van der Waals surface area contributed by atoms with Gasteiger partial charge in [0, 0.05) is 29.3 Å². The molecule has 0 aliphatic rings. The molecule has 0 aliphatic heterocycles. The molecule has 0 unspecified atom stereocenters. The second kappa shape index (κ2) is 6.12. The second-order valence-electron chi connectivity index (χ2n) is 4.78. The van der Waals surface area contributed by atoms with Gasteiger partial charge in [0.15, 0.2) is 0 Å². The van der Waals surface area contributed by atoms with Crippen LogP contribution in [0.15, 0.2) is 61.2 Å². The van der Waals surface area contributed by atoms with Crippen LogP contribution in [0.2, 0.25) is 0 Å². The average Bonchev–Trinajstić information content (AvgIpc) is 3.11. The van der Waals surface area contributed by atoms with Crippen LogP contribution in [0.1, 0.15) is 15.9 Å². The van der Waals surface area contributed by atoms with Crippen LogP contribution in [-0.4, -0.2) is 15.5 Å². The molecule has 3 aromatic rings. The van der Waals surface area contributed by atoms with Crippen molar-refractivity contribution in [2.75, 3.05) is 5.32 Å². The number of nitriles is 1. The van der Waals surface area contributed by atoms with E-state index in [1.54, 1.807) is 49.1 Å². The highest BCUT2D eigenvalue weighted by Gasteiger charge is 2.08. The molecule has 5 nitrogen and oxygen atoms in total. The largest absolute Gasteiger partial charge is 0.322 e. The molecule has 0 radical (unpaired) electrons. The van der Waals surface area contributed by atoms with Crippen LogP contribution in [0.5, 0.6) is 0 Å². The Morgan fingerprint density at radius 3 is 2.65 bits per heavy atom. The fourth-order valence-corrected chi connectivity index (χ4v) is 2.09. The molecule has 6 heteroatoms. The van der Waals surface area contributed by atoms with Crippen molar-refractivity contribution in [3.05, 3.63) is 78.1 Å². The van der Waals surface area contributed by atoms with Crippen LogP contribution >= 0.6 is 0 Å². The molecule has 2 aromatic carbocycles. The van der Waals surface area contributed by atoms with Gasteiger partial charge >= 0.3 is 0 Å². The Balaban J connectivity index is 1.77. The minimum absolute atomic E-state index is 0.113. The number of rotatable bonds is 3. The summed E-state index contributed by atoms with van der Waals surface area (Å²) in [5.41, 5.74) is 1.59. The number of amides is 1. The molecule has 0 fully saturated rings. The van der Waals surface area contributed by atoms with E-state index < -0.39 is 5.82 Å². The van der Waals surface area contributed by atoms with E-state index in [0.29, 0.717) is 11.3 Å². The Labute approximate surface area is 131 Å². The quantitative estimate of drug-likeness (QED) is 0.808. The molecule has 1 aromatic heterocycles. The van der Waals surface area contributed by atoms with Crippen LogP contribution in [0, 0.1) is 17.1 Å². The third-order valence-corrected chi connectivity index (χ3v) is 3.28. The van der Waals surface area contributed by atoms with Crippen molar-refractivity contribution in [2.24, 2.45) is 0 Å². The maximum absolute atomic E-state index is 13.3. The lowest BCUT2D eigenvalue weighted by Gasteiger charge is -2.07. The van der Waals surface area contributed by atoms with Crippen LogP contribution in [0.25, 0.3) is 5.69 Å². The average molecular weight is 306 g/mol. The van der Waals surface area contributed by atoms with Gasteiger partial charge in [-0.25, -0.2) is 9.37 Å². The summed E-state index contributed by atoms with van der Waals surface area (Å²) in [4.78, 5) is 16.2. The standard InChI is InChI=1S/C17H11FN4O/c18-16-6-3-14(9-13(16)10-19)21-17(23)12-1-4-15(5-2-12)22-8-7-20-11-22/h1-9,11H,(H,21,23). The zero-order chi connectivity index (χ0) is 16.2. The highest BCUT2D eigenvalue weighted by molar-refractivity contribution is 6.04. The van der Waals surface area contributed by atoms with Gasteiger partial charge in [-0.3, -0.25) is 4.79 Å². The first-order valence-corrected chi connectivity index (χ1v) is 6.77. The third-order valence-electron chi connectivity index (χ3n) is 3.28. The Bertz CT molecular complexity index is 880. The molecule has 1 N–H and O–H groups in total. The number of carbonyl (C=O) groups excluding carboxylic acids is 1. The Morgan fingerprint density at radius 1 is 1.22 bits per heavy atom. The summed E-state index contributed by atoms with van der Waals surface area (Å²) in [5.74, 6) is -0.951. The van der Waals surface area contributed by atoms with Crippen molar-refractivity contribution in [2.45, 2.75) is 0 Å². The molecule has 0 spiro atoms. The molecule has 1 heterocycles. The van der Waals surface area contributed by atoms with Gasteiger partial charge in [-0.05, 0) is 42.5 Å². The van der Waals surface area contributed by atoms with E-state index in [0.717, 1.165) is 11.8 Å². The van der Waals surface area contributed by atoms with Gasteiger partial charge in [0.25, 0.3) is 5.91 Å². The predicted octanol–water partition coefficient (Wildman–Crippen LogP) is 3.14. The van der Waals surface area contributed by atoms with Crippen LogP contribution in [0.4, 0.5) is 10.1 Å². The number of hydrogen-bond donors (Lipinski definition) is 1. The molecule has 0 atom stereocenters. The number of carbonyl (C=O) groups is 1. The SMILES string of the molecule is N#Cc1cc(NC(=O)c2ccc(-n3ccnc3)cc2)ccc1F. The maximum Gasteiger partial charge on any atom is 0.255 e. The lowest BCUT2D eigenvalue weighted by atomic mass is 10.1. The predicted molar refractivity (Wildman–Crippen MR) is 82.6 cm³/mol. The van der Waals surface area contributed by atoms with E-state index in [1.165, 1.54) is 12.1 Å². The number of nitrogens with zero attached hydrogens (tertiary/aromatic N) is 3. The molecular weight excluding hydrogens is 295 g/mol. The van der Waals surface area contributed by atoms with Crippen molar-refractivity contribution >= 4 is 11.6 Å². The minimum atomic E-state index is -0.616. The van der Waals surface area contributed by atoms with Crippen LogP contribution in [-0.2, 0) is 0 Å². The molecule has 23 heavy (non-hydrogen) atoms. The number of benzene rings is 2. The Hall–Kier alpha value is -3.46. The smallest absolute Gasteiger partial charge is 0.255 e. The Kier molecular flexibility index (Phi) is 3.85. The zero-order valence-electron chi connectivity index (χ0n) is 11.9. The fourth-order valence-electron chi connectivity index (χ4n) is 2.09. The first-order chi connectivity index (χ1) is 11.2. The molecule has 0 bridgehead atoms. The van der Waals surface area contributed by atoms with Gasteiger partial charge in [-0.1, -0.05) is 0 Å². The van der Waals surface area contributed by atoms with Crippen molar-refractivity contribution in [3.8, 4) is 11.8 Å². The fraction of sp³-hybridized carbons (Fsp3) is 0. The van der Waals surface area contributed by atoms with E-state index >= 15 is 0 Å². The van der Waals surface area contributed by atoms with Gasteiger partial charge in [0.1, 0.15) is 11.9 Å². The Morgan fingerprint density at radius 2 is 2.00 bits per heavy atom. The molecule has 0 aliphatic carbocycles. The summed E-state index contributed by atoms with van der Waals surface area (Å²) < 4.78 is 15.1. The molecule has 0 saturated carbocycles. The summed E-state index contributed by atoms with van der Waals surface area (Å²) in [6, 6.07) is 12.5. The monoisotopic (exact) mass is 306 g/mol. The second-order valence-corrected chi connectivity index (χ2v) is 4.78. The molecule has 0 saturated heterocycles. The van der Waals surface area contributed by atoms with Crippen molar-refractivity contribution in [1.29, 1.82) is 5.26 Å². The highest BCUT2D eigenvalue weighted by atomic mass is 19.1. The summed E-state index contributed by atoms with van der Waals surface area (Å²) in [6.45, 7) is 0. The van der Waals surface area contributed by atoms with Gasteiger partial charge in [-0.2, -0.15) is 5.26 Å². The molecule has 1 amide bonds. The van der Waals surface area contributed by atoms with Gasteiger partial charge in [0.05, 0.1) is 11.9 Å². The van der Waals surface area contributed by atoms with Crippen molar-refractivity contribution in [1.82, 2.24) is 9.55 Å². The first kappa shape index (κ1) is 14.5. The normalized spacial score (nSPS) is 10.1. The van der Waals surface area contributed by atoms with E-state index in [2.05, 4.69) is 10.3 Å². The molecule has 3 rings (SSSR count). The van der Waals surface area contributed by atoms with Crippen molar-refractivity contribution in [3.63, 3.8) is 0 Å². The van der Waals surface area contributed by atoms with Gasteiger partial charge in [-0.15, -0.1) is 0 Å². The molecular formula is C17H11FN4O. The lowest BCUT2D eigenvalue weighted by Crippen LogP contribution is -2.12. The number of aromatic nitrogens is 2. The molecule has 112 valence electrons. The number of nitrogens with one attached hydrogen (secondary N) is 1. The van der Waals surface area contributed by atoms with Gasteiger partial charge < -0.3 is 9.88 Å². The topological polar surface area (TPSA) is 70.7 Å². The van der Waals surface area contributed by atoms with E-state index in [-0.39, 0.29) is 11.5 Å². The minimum Gasteiger partial charge on any atom is -0.322 e. The zero-order valence-corrected chi connectivity index (χ0v) is 11.9. The van der Waals surface area contributed by atoms with Gasteiger partial charge in [0.2, 0.25) is 0 Å². The highest BCUT2D eigenvalue weighted by Crippen LogP contribution is 2.16. The van der Waals surface area contributed by atoms with Crippen molar-refractivity contribution < 1.29 is 9.18 Å². The summed E-state index contributed by atoms with van der Waals surface area (Å²) in [7, 11) is 0. The third kappa shape index (κ3) is 3.09. The number of imidazole rings is 1. The summed E-state index contributed by atoms with van der Waals surface area (Å²) in [6.07, 6.45) is 5.13. The van der Waals surface area contributed by atoms with E-state index in [9.17, 15) is 9.18 Å². The maximum atomic E-state index is 13.3. The van der Waals surface area contributed by atoms with E-state index in [4.69, 9.17) is 5.26 Å².